The number of para-hydroxylation sites is 1. The van der Waals surface area contributed by atoms with Crippen LogP contribution in [0.15, 0.2) is 24.3 Å². The molecule has 0 fully saturated rings. The van der Waals surface area contributed by atoms with Gasteiger partial charge in [0, 0.05) is 0 Å². The lowest BCUT2D eigenvalue weighted by Gasteiger charge is -2.18. The molecule has 0 N–H and O–H groups in total. The highest BCUT2D eigenvalue weighted by Crippen LogP contribution is 2.27. The average Bonchev–Trinajstić information content (AvgIpc) is 2.14. The molecule has 1 nitrogen and oxygen atoms in total. The summed E-state index contributed by atoms with van der Waals surface area (Å²) in [6, 6.07) is 8.11. The number of hydrogen-bond donors (Lipinski definition) is 0. The van der Waals surface area contributed by atoms with E-state index in [1.54, 1.807) is 7.11 Å². The standard InChI is InChI=1S/C13H19O/c1-13(2,3)10-9-11-7-5-6-8-12(11)14-4/h5-9H,10H2,1-4H3. The second-order valence-corrected chi connectivity index (χ2v) is 4.71. The normalized spacial score (nSPS) is 11.4. The third-order valence-electron chi connectivity index (χ3n) is 2.07. The summed E-state index contributed by atoms with van der Waals surface area (Å²) in [5.41, 5.74) is 1.52. The maximum Gasteiger partial charge on any atom is 0.122 e. The monoisotopic (exact) mass is 191 g/mol. The zero-order valence-electron chi connectivity index (χ0n) is 9.50. The van der Waals surface area contributed by atoms with E-state index in [2.05, 4.69) is 33.3 Å². The molecule has 0 heterocycles. The van der Waals surface area contributed by atoms with Gasteiger partial charge < -0.3 is 4.74 Å². The Morgan fingerprint density at radius 3 is 2.43 bits per heavy atom. The Labute approximate surface area is 87.1 Å². The summed E-state index contributed by atoms with van der Waals surface area (Å²) in [6.07, 6.45) is 3.30. The van der Waals surface area contributed by atoms with Gasteiger partial charge in [-0.15, -0.1) is 0 Å². The Balaban J connectivity index is 2.67. The Morgan fingerprint density at radius 1 is 1.21 bits per heavy atom. The van der Waals surface area contributed by atoms with Crippen molar-refractivity contribution >= 4 is 0 Å². The zero-order valence-corrected chi connectivity index (χ0v) is 9.50. The lowest BCUT2D eigenvalue weighted by Crippen LogP contribution is -2.05. The smallest absolute Gasteiger partial charge is 0.122 e. The van der Waals surface area contributed by atoms with Crippen LogP contribution in [0.2, 0.25) is 0 Å². The summed E-state index contributed by atoms with van der Waals surface area (Å²) in [5.74, 6) is 0.955. The first-order chi connectivity index (χ1) is 6.53. The summed E-state index contributed by atoms with van der Waals surface area (Å²) < 4.78 is 5.28. The molecule has 1 aromatic rings. The molecule has 0 aliphatic heterocycles. The van der Waals surface area contributed by atoms with Gasteiger partial charge in [-0.25, -0.2) is 0 Å². The number of benzene rings is 1. The maximum atomic E-state index is 5.28. The van der Waals surface area contributed by atoms with E-state index < -0.39 is 0 Å². The van der Waals surface area contributed by atoms with Gasteiger partial charge in [0.05, 0.1) is 7.11 Å². The van der Waals surface area contributed by atoms with Crippen molar-refractivity contribution in [1.82, 2.24) is 0 Å². The van der Waals surface area contributed by atoms with E-state index in [0.29, 0.717) is 5.41 Å². The van der Waals surface area contributed by atoms with E-state index in [1.165, 1.54) is 5.56 Å². The van der Waals surface area contributed by atoms with Gasteiger partial charge in [-0.3, -0.25) is 0 Å². The van der Waals surface area contributed by atoms with Crippen LogP contribution in [0.5, 0.6) is 5.75 Å². The molecule has 1 rings (SSSR count). The lowest BCUT2D eigenvalue weighted by atomic mass is 9.88. The molecule has 0 unspecified atom stereocenters. The molecule has 0 spiro atoms. The lowest BCUT2D eigenvalue weighted by molar-refractivity contribution is 0.397. The Morgan fingerprint density at radius 2 is 1.86 bits per heavy atom. The molecule has 77 valence electrons. The molecule has 0 saturated carbocycles. The minimum Gasteiger partial charge on any atom is -0.496 e. The molecule has 14 heavy (non-hydrogen) atoms. The Kier molecular flexibility index (Phi) is 3.56. The van der Waals surface area contributed by atoms with Crippen molar-refractivity contribution in [2.45, 2.75) is 27.2 Å². The summed E-state index contributed by atoms with van der Waals surface area (Å²) >= 11 is 0. The molecule has 1 radical (unpaired) electrons. The van der Waals surface area contributed by atoms with Crippen molar-refractivity contribution in [2.75, 3.05) is 7.11 Å². The van der Waals surface area contributed by atoms with Crippen LogP contribution in [0.3, 0.4) is 0 Å². The molecule has 0 amide bonds. The summed E-state index contributed by atoms with van der Waals surface area (Å²) in [5, 5.41) is 0. The van der Waals surface area contributed by atoms with E-state index in [-0.39, 0.29) is 0 Å². The first kappa shape index (κ1) is 11.1. The third-order valence-corrected chi connectivity index (χ3v) is 2.07. The topological polar surface area (TPSA) is 9.23 Å². The number of rotatable bonds is 3. The summed E-state index contributed by atoms with van der Waals surface area (Å²) in [6.45, 7) is 6.71. The summed E-state index contributed by atoms with van der Waals surface area (Å²) in [7, 11) is 1.71. The van der Waals surface area contributed by atoms with Gasteiger partial charge in [0.25, 0.3) is 0 Å². The van der Waals surface area contributed by atoms with Gasteiger partial charge in [0.15, 0.2) is 0 Å². The van der Waals surface area contributed by atoms with Gasteiger partial charge >= 0.3 is 0 Å². The summed E-state index contributed by atoms with van der Waals surface area (Å²) in [4.78, 5) is 0. The van der Waals surface area contributed by atoms with Crippen LogP contribution in [0.4, 0.5) is 0 Å². The first-order valence-electron chi connectivity index (χ1n) is 4.99. The second kappa shape index (κ2) is 4.50. The van der Waals surface area contributed by atoms with E-state index in [0.717, 1.165) is 12.2 Å². The largest absolute Gasteiger partial charge is 0.496 e. The van der Waals surface area contributed by atoms with E-state index in [9.17, 15) is 0 Å². The molecular weight excluding hydrogens is 172 g/mol. The van der Waals surface area contributed by atoms with Crippen LogP contribution in [0.25, 0.3) is 0 Å². The molecule has 0 aliphatic carbocycles. The molecule has 0 atom stereocenters. The molecule has 1 aromatic carbocycles. The molecule has 1 heteroatoms. The van der Waals surface area contributed by atoms with E-state index in [1.807, 2.05) is 18.2 Å². The van der Waals surface area contributed by atoms with Gasteiger partial charge in [-0.1, -0.05) is 39.0 Å². The van der Waals surface area contributed by atoms with Gasteiger partial charge in [-0.05, 0) is 29.9 Å². The van der Waals surface area contributed by atoms with Gasteiger partial charge in [-0.2, -0.15) is 0 Å². The van der Waals surface area contributed by atoms with E-state index in [4.69, 9.17) is 4.74 Å². The third kappa shape index (κ3) is 3.41. The van der Waals surface area contributed by atoms with Crippen LogP contribution in [0.1, 0.15) is 32.8 Å². The second-order valence-electron chi connectivity index (χ2n) is 4.71. The fraction of sp³-hybridized carbons (Fsp3) is 0.462. The SMILES string of the molecule is COc1ccccc1[CH]CC(C)(C)C. The fourth-order valence-corrected chi connectivity index (χ4v) is 1.25. The Hall–Kier alpha value is -0.980. The van der Waals surface area contributed by atoms with E-state index >= 15 is 0 Å². The highest BCUT2D eigenvalue weighted by molar-refractivity contribution is 5.38. The molecule has 0 aliphatic rings. The van der Waals surface area contributed by atoms with Crippen molar-refractivity contribution in [3.63, 3.8) is 0 Å². The highest BCUT2D eigenvalue weighted by atomic mass is 16.5. The first-order valence-corrected chi connectivity index (χ1v) is 4.99. The molecule has 0 aromatic heterocycles. The molecule has 0 saturated heterocycles. The molecular formula is C13H19O. The Bertz CT molecular complexity index is 284. The van der Waals surface area contributed by atoms with Gasteiger partial charge in [0.2, 0.25) is 0 Å². The van der Waals surface area contributed by atoms with Crippen LogP contribution in [-0.2, 0) is 0 Å². The highest BCUT2D eigenvalue weighted by Gasteiger charge is 2.11. The average molecular weight is 191 g/mol. The maximum absolute atomic E-state index is 5.28. The van der Waals surface area contributed by atoms with Gasteiger partial charge in [0.1, 0.15) is 5.75 Å². The number of hydrogen-bond acceptors (Lipinski definition) is 1. The minimum absolute atomic E-state index is 0.334. The minimum atomic E-state index is 0.334. The van der Waals surface area contributed by atoms with Crippen molar-refractivity contribution < 1.29 is 4.74 Å². The fourth-order valence-electron chi connectivity index (χ4n) is 1.25. The van der Waals surface area contributed by atoms with Crippen LogP contribution in [0, 0.1) is 11.8 Å². The quantitative estimate of drug-likeness (QED) is 0.708. The predicted molar refractivity (Wildman–Crippen MR) is 60.5 cm³/mol. The number of ether oxygens (including phenoxy) is 1. The van der Waals surface area contributed by atoms with Crippen LogP contribution in [-0.4, -0.2) is 7.11 Å². The van der Waals surface area contributed by atoms with Crippen molar-refractivity contribution in [3.8, 4) is 5.75 Å². The zero-order chi connectivity index (χ0) is 10.6. The van der Waals surface area contributed by atoms with Crippen LogP contribution < -0.4 is 4.74 Å². The number of methoxy groups -OCH3 is 1. The van der Waals surface area contributed by atoms with Crippen LogP contribution >= 0.6 is 0 Å². The molecule has 0 bridgehead atoms. The predicted octanol–water partition coefficient (Wildman–Crippen LogP) is 3.68. The van der Waals surface area contributed by atoms with Crippen molar-refractivity contribution in [2.24, 2.45) is 5.41 Å². The van der Waals surface area contributed by atoms with Crippen molar-refractivity contribution in [1.29, 1.82) is 0 Å². The van der Waals surface area contributed by atoms with Crippen molar-refractivity contribution in [3.05, 3.63) is 36.2 Å².